The predicted molar refractivity (Wildman–Crippen MR) is 134 cm³/mol. The SMILES string of the molecule is CCS(=O)(=O)Nc1nccnc1CNc1ccnc(Nc2ccc3c(c2)CCNC3)n1.Cl.Cl. The van der Waals surface area contributed by atoms with E-state index in [0.29, 0.717) is 17.5 Å². The second kappa shape index (κ2) is 11.9. The summed E-state index contributed by atoms with van der Waals surface area (Å²) >= 11 is 0. The molecule has 3 aromatic rings. The number of fused-ring (bicyclic) bond motifs is 1. The Kier molecular flexibility index (Phi) is 9.59. The summed E-state index contributed by atoms with van der Waals surface area (Å²) in [7, 11) is -3.45. The van der Waals surface area contributed by atoms with Crippen molar-refractivity contribution in [3.8, 4) is 0 Å². The van der Waals surface area contributed by atoms with Gasteiger partial charge in [-0.3, -0.25) is 9.71 Å². The number of nitrogens with one attached hydrogen (secondary N) is 4. The largest absolute Gasteiger partial charge is 0.364 e. The molecule has 0 aliphatic carbocycles. The summed E-state index contributed by atoms with van der Waals surface area (Å²) in [6.07, 6.45) is 5.60. The summed E-state index contributed by atoms with van der Waals surface area (Å²) in [5, 5.41) is 9.75. The van der Waals surface area contributed by atoms with Crippen molar-refractivity contribution in [3.63, 3.8) is 0 Å². The number of benzene rings is 1. The number of aromatic nitrogens is 4. The van der Waals surface area contributed by atoms with Crippen molar-refractivity contribution in [3.05, 3.63) is 59.7 Å². The molecule has 3 heterocycles. The van der Waals surface area contributed by atoms with E-state index in [4.69, 9.17) is 0 Å². The van der Waals surface area contributed by atoms with Gasteiger partial charge >= 0.3 is 0 Å². The zero-order valence-corrected chi connectivity index (χ0v) is 20.4. The van der Waals surface area contributed by atoms with Gasteiger partial charge in [0.1, 0.15) is 11.5 Å². The number of sulfonamides is 1. The first-order valence-electron chi connectivity index (χ1n) is 9.99. The summed E-state index contributed by atoms with van der Waals surface area (Å²) in [6.45, 7) is 3.68. The molecule has 2 aromatic heterocycles. The molecule has 33 heavy (non-hydrogen) atoms. The molecule has 4 N–H and O–H groups in total. The van der Waals surface area contributed by atoms with E-state index in [-0.39, 0.29) is 42.9 Å². The van der Waals surface area contributed by atoms with Crippen LogP contribution in [-0.2, 0) is 29.5 Å². The third kappa shape index (κ3) is 7.13. The van der Waals surface area contributed by atoms with Gasteiger partial charge in [0.25, 0.3) is 0 Å². The molecule has 0 unspecified atom stereocenters. The molecule has 0 fully saturated rings. The Labute approximate surface area is 205 Å². The van der Waals surface area contributed by atoms with E-state index in [0.717, 1.165) is 25.2 Å². The minimum Gasteiger partial charge on any atom is -0.364 e. The third-order valence-electron chi connectivity index (χ3n) is 4.85. The first-order valence-corrected chi connectivity index (χ1v) is 11.6. The zero-order chi connectivity index (χ0) is 21.7. The van der Waals surface area contributed by atoms with Gasteiger partial charge in [-0.15, -0.1) is 24.8 Å². The molecule has 1 aliphatic heterocycles. The van der Waals surface area contributed by atoms with E-state index in [1.807, 2.05) is 6.07 Å². The quantitative estimate of drug-likeness (QED) is 0.359. The Hall–Kier alpha value is -2.73. The van der Waals surface area contributed by atoms with Crippen LogP contribution < -0.4 is 20.7 Å². The number of nitrogens with zero attached hydrogens (tertiary/aromatic N) is 4. The van der Waals surface area contributed by atoms with Crippen molar-refractivity contribution < 1.29 is 8.42 Å². The normalized spacial score (nSPS) is 12.5. The lowest BCUT2D eigenvalue weighted by atomic mass is 10.0. The van der Waals surface area contributed by atoms with E-state index in [1.54, 1.807) is 19.2 Å². The van der Waals surface area contributed by atoms with E-state index in [2.05, 4.69) is 52.7 Å². The van der Waals surface area contributed by atoms with Gasteiger partial charge in [0.2, 0.25) is 16.0 Å². The van der Waals surface area contributed by atoms with Crippen molar-refractivity contribution in [1.82, 2.24) is 25.3 Å². The maximum absolute atomic E-state index is 11.9. The molecular formula is C20H26Cl2N8O2S. The number of halogens is 2. The molecule has 0 atom stereocenters. The molecule has 4 rings (SSSR count). The van der Waals surface area contributed by atoms with Gasteiger partial charge in [0.15, 0.2) is 5.82 Å². The summed E-state index contributed by atoms with van der Waals surface area (Å²) < 4.78 is 26.2. The van der Waals surface area contributed by atoms with Gasteiger partial charge < -0.3 is 16.0 Å². The molecule has 13 heteroatoms. The van der Waals surface area contributed by atoms with E-state index < -0.39 is 10.0 Å². The Morgan fingerprint density at radius 3 is 2.67 bits per heavy atom. The lowest BCUT2D eigenvalue weighted by Crippen LogP contribution is -2.23. The molecule has 0 bridgehead atoms. The van der Waals surface area contributed by atoms with Crippen molar-refractivity contribution in [1.29, 1.82) is 0 Å². The van der Waals surface area contributed by atoms with Crippen LogP contribution in [0.15, 0.2) is 42.9 Å². The minimum absolute atomic E-state index is 0. The topological polar surface area (TPSA) is 134 Å². The molecule has 0 saturated heterocycles. The number of anilines is 4. The molecule has 0 amide bonds. The molecule has 1 aromatic carbocycles. The Bertz CT molecular complexity index is 1180. The van der Waals surface area contributed by atoms with E-state index in [1.165, 1.54) is 23.5 Å². The minimum atomic E-state index is -3.45. The summed E-state index contributed by atoms with van der Waals surface area (Å²) in [5.41, 5.74) is 4.04. The Balaban J connectivity index is 0.00000193. The fourth-order valence-electron chi connectivity index (χ4n) is 3.18. The summed E-state index contributed by atoms with van der Waals surface area (Å²) in [5.74, 6) is 1.20. The zero-order valence-electron chi connectivity index (χ0n) is 17.9. The highest BCUT2D eigenvalue weighted by Gasteiger charge is 2.13. The molecule has 10 nitrogen and oxygen atoms in total. The maximum atomic E-state index is 11.9. The number of hydrogen-bond acceptors (Lipinski definition) is 9. The number of hydrogen-bond donors (Lipinski definition) is 4. The molecule has 1 aliphatic rings. The van der Waals surface area contributed by atoms with E-state index in [9.17, 15) is 8.42 Å². The maximum Gasteiger partial charge on any atom is 0.233 e. The van der Waals surface area contributed by atoms with Crippen molar-refractivity contribution in [2.75, 3.05) is 27.7 Å². The first kappa shape index (κ1) is 26.5. The number of rotatable bonds is 8. The fraction of sp³-hybridized carbons (Fsp3) is 0.300. The van der Waals surface area contributed by atoms with Gasteiger partial charge in [-0.1, -0.05) is 6.07 Å². The highest BCUT2D eigenvalue weighted by molar-refractivity contribution is 7.92. The van der Waals surface area contributed by atoms with Crippen molar-refractivity contribution >= 4 is 58.1 Å². The lowest BCUT2D eigenvalue weighted by Gasteiger charge is -2.18. The summed E-state index contributed by atoms with van der Waals surface area (Å²) in [4.78, 5) is 17.1. The van der Waals surface area contributed by atoms with Crippen LogP contribution in [0.2, 0.25) is 0 Å². The first-order chi connectivity index (χ1) is 15.0. The highest BCUT2D eigenvalue weighted by Crippen LogP contribution is 2.21. The van der Waals surface area contributed by atoms with Crippen LogP contribution in [0.1, 0.15) is 23.7 Å². The average Bonchev–Trinajstić information content (AvgIpc) is 2.78. The van der Waals surface area contributed by atoms with Crippen LogP contribution in [0.5, 0.6) is 0 Å². The van der Waals surface area contributed by atoms with Crippen molar-refractivity contribution in [2.45, 2.75) is 26.4 Å². The van der Waals surface area contributed by atoms with E-state index >= 15 is 0 Å². The van der Waals surface area contributed by atoms with Crippen LogP contribution in [0.3, 0.4) is 0 Å². The molecule has 178 valence electrons. The van der Waals surface area contributed by atoms with Gasteiger partial charge in [0.05, 0.1) is 12.3 Å². The van der Waals surface area contributed by atoms with Gasteiger partial charge in [0, 0.05) is 30.8 Å². The van der Waals surface area contributed by atoms with Crippen LogP contribution in [0.4, 0.5) is 23.3 Å². The standard InChI is InChI=1S/C20H24N8O2S.2ClH/c1-2-31(29,30)28-19-17(22-9-10-23-19)13-25-18-6-8-24-20(27-18)26-16-4-3-15-12-21-7-5-14(15)11-16;;/h3-4,6,8-11,21H,2,5,7,12-13H2,1H3,(H,23,28)(H2,24,25,26,27);2*1H. The third-order valence-corrected chi connectivity index (χ3v) is 6.11. The average molecular weight is 513 g/mol. The molecule has 0 radical (unpaired) electrons. The molecular weight excluding hydrogens is 487 g/mol. The van der Waals surface area contributed by atoms with Crippen LogP contribution >= 0.6 is 24.8 Å². The molecule has 0 spiro atoms. The fourth-order valence-corrected chi connectivity index (χ4v) is 3.79. The molecule has 0 saturated carbocycles. The van der Waals surface area contributed by atoms with Gasteiger partial charge in [-0.25, -0.2) is 18.4 Å². The van der Waals surface area contributed by atoms with Crippen LogP contribution in [0.25, 0.3) is 0 Å². The summed E-state index contributed by atoms with van der Waals surface area (Å²) in [6, 6.07) is 7.99. The Morgan fingerprint density at radius 1 is 1.03 bits per heavy atom. The smallest absolute Gasteiger partial charge is 0.233 e. The monoisotopic (exact) mass is 512 g/mol. The van der Waals surface area contributed by atoms with Crippen LogP contribution in [0, 0.1) is 0 Å². The second-order valence-electron chi connectivity index (χ2n) is 7.01. The second-order valence-corrected chi connectivity index (χ2v) is 9.02. The predicted octanol–water partition coefficient (Wildman–Crippen LogP) is 2.87. The highest BCUT2D eigenvalue weighted by atomic mass is 35.5. The van der Waals surface area contributed by atoms with Gasteiger partial charge in [-0.05, 0) is 49.2 Å². The Morgan fingerprint density at radius 2 is 1.85 bits per heavy atom. The van der Waals surface area contributed by atoms with Crippen LogP contribution in [-0.4, -0.2) is 40.7 Å². The van der Waals surface area contributed by atoms with Gasteiger partial charge in [-0.2, -0.15) is 4.98 Å². The lowest BCUT2D eigenvalue weighted by molar-refractivity contribution is 0.602. The van der Waals surface area contributed by atoms with Crippen molar-refractivity contribution in [2.24, 2.45) is 0 Å².